The van der Waals surface area contributed by atoms with E-state index in [4.69, 9.17) is 5.73 Å². The van der Waals surface area contributed by atoms with Gasteiger partial charge in [-0.15, -0.1) is 0 Å². The molecule has 4 rings (SSSR count). The Bertz CT molecular complexity index is 858. The third-order valence-corrected chi connectivity index (χ3v) is 4.66. The molecule has 1 aliphatic heterocycles. The van der Waals surface area contributed by atoms with Gasteiger partial charge in [0.05, 0.1) is 22.4 Å². The summed E-state index contributed by atoms with van der Waals surface area (Å²) in [6.45, 7) is 0. The summed E-state index contributed by atoms with van der Waals surface area (Å²) in [5.41, 5.74) is 4.84. The van der Waals surface area contributed by atoms with Crippen LogP contribution in [-0.2, 0) is 11.7 Å². The molecule has 0 spiro atoms. The second kappa shape index (κ2) is 4.92. The molecule has 1 aliphatic carbocycles. The fourth-order valence-electron chi connectivity index (χ4n) is 3.04. The van der Waals surface area contributed by atoms with Crippen LogP contribution < -0.4 is 10.6 Å². The summed E-state index contributed by atoms with van der Waals surface area (Å²) < 4.78 is 39.8. The normalized spacial score (nSPS) is 18.5. The number of halogens is 3. The lowest BCUT2D eigenvalue weighted by atomic mass is 10.0. The van der Waals surface area contributed by atoms with Crippen molar-refractivity contribution in [2.45, 2.75) is 24.6 Å². The molecule has 0 unspecified atom stereocenters. The standard InChI is InChI=1S/C18H13F3N2O2/c19-18(20,21)11-7-10(17(22)5-6-17)8-12(9-11)23-15(24)13-3-1-2-4-14(13)16(23)25/h1-4,7-9H,5-6,22H2. The van der Waals surface area contributed by atoms with Gasteiger partial charge in [0.1, 0.15) is 0 Å². The Morgan fingerprint density at radius 3 is 2.00 bits per heavy atom. The molecular formula is C18H13F3N2O2. The van der Waals surface area contributed by atoms with Gasteiger partial charge in [0.25, 0.3) is 11.8 Å². The zero-order valence-electron chi connectivity index (χ0n) is 12.9. The van der Waals surface area contributed by atoms with Gasteiger partial charge in [-0.2, -0.15) is 13.2 Å². The molecule has 1 saturated carbocycles. The minimum atomic E-state index is -4.60. The summed E-state index contributed by atoms with van der Waals surface area (Å²) in [5.74, 6) is -1.26. The average molecular weight is 346 g/mol. The van der Waals surface area contributed by atoms with Crippen molar-refractivity contribution < 1.29 is 22.8 Å². The number of anilines is 1. The molecule has 1 fully saturated rings. The fraction of sp³-hybridized carbons (Fsp3) is 0.222. The highest BCUT2D eigenvalue weighted by atomic mass is 19.4. The number of hydrogen-bond acceptors (Lipinski definition) is 3. The van der Waals surface area contributed by atoms with Crippen molar-refractivity contribution in [3.63, 3.8) is 0 Å². The molecule has 2 aromatic rings. The number of carbonyl (C=O) groups excluding carboxylic acids is 2. The number of carbonyl (C=O) groups is 2. The molecule has 1 heterocycles. The number of fused-ring (bicyclic) bond motifs is 1. The van der Waals surface area contributed by atoms with Crippen LogP contribution in [0.15, 0.2) is 42.5 Å². The van der Waals surface area contributed by atoms with Crippen molar-refractivity contribution >= 4 is 17.5 Å². The largest absolute Gasteiger partial charge is 0.416 e. The van der Waals surface area contributed by atoms with Crippen LogP contribution in [0.1, 0.15) is 44.7 Å². The van der Waals surface area contributed by atoms with Crippen LogP contribution in [0.5, 0.6) is 0 Å². The summed E-state index contributed by atoms with van der Waals surface area (Å²) in [6.07, 6.45) is -3.47. The Kier molecular flexibility index (Phi) is 3.12. The SMILES string of the molecule is NC1(c2cc(N3C(=O)c4ccccc4C3=O)cc(C(F)(F)F)c2)CC1. The number of benzene rings is 2. The van der Waals surface area contributed by atoms with Gasteiger partial charge in [-0.1, -0.05) is 12.1 Å². The molecular weight excluding hydrogens is 333 g/mol. The molecule has 4 nitrogen and oxygen atoms in total. The van der Waals surface area contributed by atoms with Crippen LogP contribution in [0, 0.1) is 0 Å². The highest BCUT2D eigenvalue weighted by Gasteiger charge is 2.44. The van der Waals surface area contributed by atoms with Gasteiger partial charge in [-0.05, 0) is 48.7 Å². The van der Waals surface area contributed by atoms with Crippen molar-refractivity contribution in [3.8, 4) is 0 Å². The minimum Gasteiger partial charge on any atom is -0.321 e. The van der Waals surface area contributed by atoms with Crippen molar-refractivity contribution in [1.29, 1.82) is 0 Å². The second-order valence-electron chi connectivity index (χ2n) is 6.41. The van der Waals surface area contributed by atoms with Gasteiger partial charge in [0.2, 0.25) is 0 Å². The lowest BCUT2D eigenvalue weighted by Crippen LogP contribution is -2.30. The summed E-state index contributed by atoms with van der Waals surface area (Å²) in [6, 6.07) is 9.38. The van der Waals surface area contributed by atoms with E-state index in [-0.39, 0.29) is 22.4 Å². The van der Waals surface area contributed by atoms with Crippen molar-refractivity contribution in [3.05, 3.63) is 64.7 Å². The quantitative estimate of drug-likeness (QED) is 0.847. The molecule has 2 aromatic carbocycles. The molecule has 0 saturated heterocycles. The molecule has 128 valence electrons. The molecule has 0 atom stereocenters. The average Bonchev–Trinajstić information content (AvgIpc) is 3.27. The molecule has 0 aromatic heterocycles. The summed E-state index contributed by atoms with van der Waals surface area (Å²) in [5, 5.41) is 0. The maximum Gasteiger partial charge on any atom is 0.416 e. The lowest BCUT2D eigenvalue weighted by Gasteiger charge is -2.20. The maximum atomic E-state index is 13.3. The highest BCUT2D eigenvalue weighted by Crippen LogP contribution is 2.46. The van der Waals surface area contributed by atoms with Crippen LogP contribution in [0.2, 0.25) is 0 Å². The lowest BCUT2D eigenvalue weighted by molar-refractivity contribution is -0.137. The molecule has 2 amide bonds. The van der Waals surface area contributed by atoms with Crippen molar-refractivity contribution in [2.75, 3.05) is 4.90 Å². The third kappa shape index (κ3) is 2.42. The van der Waals surface area contributed by atoms with E-state index < -0.39 is 29.1 Å². The third-order valence-electron chi connectivity index (χ3n) is 4.66. The van der Waals surface area contributed by atoms with Crippen LogP contribution >= 0.6 is 0 Å². The zero-order valence-corrected chi connectivity index (χ0v) is 12.9. The Hall–Kier alpha value is -2.67. The maximum absolute atomic E-state index is 13.3. The Labute approximate surface area is 141 Å². The Balaban J connectivity index is 1.86. The number of nitrogens with two attached hydrogens (primary N) is 1. The smallest absolute Gasteiger partial charge is 0.321 e. The molecule has 7 heteroatoms. The molecule has 2 N–H and O–H groups in total. The van der Waals surface area contributed by atoms with Crippen molar-refractivity contribution in [1.82, 2.24) is 0 Å². The summed E-state index contributed by atoms with van der Waals surface area (Å²) in [4.78, 5) is 25.9. The van der Waals surface area contributed by atoms with E-state index in [9.17, 15) is 22.8 Å². The summed E-state index contributed by atoms with van der Waals surface area (Å²) >= 11 is 0. The number of amides is 2. The minimum absolute atomic E-state index is 0.104. The van der Waals surface area contributed by atoms with Crippen LogP contribution in [0.25, 0.3) is 0 Å². The first kappa shape index (κ1) is 15.8. The first-order valence-corrected chi connectivity index (χ1v) is 7.70. The molecule has 25 heavy (non-hydrogen) atoms. The van der Waals surface area contributed by atoms with E-state index in [2.05, 4.69) is 0 Å². The number of rotatable bonds is 2. The van der Waals surface area contributed by atoms with Gasteiger partial charge in [-0.25, -0.2) is 4.90 Å². The van der Waals surface area contributed by atoms with Gasteiger partial charge in [0, 0.05) is 5.54 Å². The van der Waals surface area contributed by atoms with E-state index in [1.165, 1.54) is 18.2 Å². The molecule has 2 aliphatic rings. The molecule has 0 radical (unpaired) electrons. The van der Waals surface area contributed by atoms with E-state index in [1.807, 2.05) is 0 Å². The topological polar surface area (TPSA) is 63.4 Å². The first-order chi connectivity index (χ1) is 11.7. The van der Waals surface area contributed by atoms with Gasteiger partial charge in [-0.3, -0.25) is 9.59 Å². The Morgan fingerprint density at radius 1 is 0.960 bits per heavy atom. The monoisotopic (exact) mass is 346 g/mol. The van der Waals surface area contributed by atoms with Crippen LogP contribution in [-0.4, -0.2) is 11.8 Å². The predicted molar refractivity (Wildman–Crippen MR) is 84.1 cm³/mol. The number of hydrogen-bond donors (Lipinski definition) is 1. The fourth-order valence-corrected chi connectivity index (χ4v) is 3.04. The van der Waals surface area contributed by atoms with E-state index >= 15 is 0 Å². The zero-order chi connectivity index (χ0) is 18.0. The Morgan fingerprint density at radius 2 is 1.52 bits per heavy atom. The van der Waals surface area contributed by atoms with Gasteiger partial charge < -0.3 is 5.73 Å². The second-order valence-corrected chi connectivity index (χ2v) is 6.41. The van der Waals surface area contributed by atoms with Crippen LogP contribution in [0.3, 0.4) is 0 Å². The number of imide groups is 1. The molecule has 0 bridgehead atoms. The van der Waals surface area contributed by atoms with E-state index in [0.717, 1.165) is 17.0 Å². The van der Waals surface area contributed by atoms with Gasteiger partial charge in [0.15, 0.2) is 0 Å². The first-order valence-electron chi connectivity index (χ1n) is 7.70. The summed E-state index contributed by atoms with van der Waals surface area (Å²) in [7, 11) is 0. The van der Waals surface area contributed by atoms with Crippen LogP contribution in [0.4, 0.5) is 18.9 Å². The number of nitrogens with zero attached hydrogens (tertiary/aromatic N) is 1. The number of alkyl halides is 3. The van der Waals surface area contributed by atoms with Crippen molar-refractivity contribution in [2.24, 2.45) is 5.73 Å². The predicted octanol–water partition coefficient (Wildman–Crippen LogP) is 3.45. The van der Waals surface area contributed by atoms with E-state index in [1.54, 1.807) is 12.1 Å². The highest BCUT2D eigenvalue weighted by molar-refractivity contribution is 6.34. The van der Waals surface area contributed by atoms with Gasteiger partial charge >= 0.3 is 6.18 Å². The van der Waals surface area contributed by atoms with E-state index in [0.29, 0.717) is 12.8 Å².